The highest BCUT2D eigenvalue weighted by Crippen LogP contribution is 2.31. The minimum Gasteiger partial charge on any atom is -0.377 e. The Hall–Kier alpha value is -3.22. The molecule has 0 spiro atoms. The lowest BCUT2D eigenvalue weighted by molar-refractivity contribution is -0.383. The van der Waals surface area contributed by atoms with Crippen LogP contribution in [0, 0.1) is 17.0 Å². The molecular formula is C18H18N4O3. The molecule has 3 rings (SSSR count). The van der Waals surface area contributed by atoms with E-state index in [1.54, 1.807) is 12.1 Å². The maximum absolute atomic E-state index is 11.4. The molecule has 1 aromatic heterocycles. The molecule has 0 fully saturated rings. The van der Waals surface area contributed by atoms with Gasteiger partial charge in [-0.2, -0.15) is 4.98 Å². The number of nitro groups is 1. The van der Waals surface area contributed by atoms with Gasteiger partial charge in [-0.05, 0) is 38.5 Å². The van der Waals surface area contributed by atoms with Crippen molar-refractivity contribution in [2.24, 2.45) is 0 Å². The first kappa shape index (κ1) is 16.6. The summed E-state index contributed by atoms with van der Waals surface area (Å²) in [6, 6.07) is 12.6. The van der Waals surface area contributed by atoms with Crippen molar-refractivity contribution < 1.29 is 9.45 Å². The summed E-state index contributed by atoms with van der Waals surface area (Å²) in [5, 5.41) is 18.4. The molecule has 0 saturated carbocycles. The first-order valence-electron chi connectivity index (χ1n) is 7.91. The van der Waals surface area contributed by atoms with Crippen LogP contribution in [0.1, 0.15) is 19.4 Å². The van der Waals surface area contributed by atoms with Crippen LogP contribution in [0.4, 0.5) is 11.4 Å². The van der Waals surface area contributed by atoms with E-state index in [0.29, 0.717) is 17.1 Å². The Balaban J connectivity index is 1.99. The fraction of sp³-hybridized carbons (Fsp3) is 0.222. The van der Waals surface area contributed by atoms with Crippen LogP contribution in [-0.4, -0.2) is 21.1 Å². The Morgan fingerprint density at radius 1 is 1.20 bits per heavy atom. The van der Waals surface area contributed by atoms with Gasteiger partial charge < -0.3 is 9.84 Å². The van der Waals surface area contributed by atoms with Crippen molar-refractivity contribution in [1.82, 2.24) is 10.1 Å². The molecule has 128 valence electrons. The lowest BCUT2D eigenvalue weighted by Crippen LogP contribution is -2.11. The van der Waals surface area contributed by atoms with E-state index in [2.05, 4.69) is 15.5 Å². The van der Waals surface area contributed by atoms with Crippen LogP contribution in [0.2, 0.25) is 0 Å². The van der Waals surface area contributed by atoms with Crippen molar-refractivity contribution in [3.05, 3.63) is 58.1 Å². The van der Waals surface area contributed by atoms with E-state index in [0.717, 1.165) is 11.1 Å². The normalized spacial score (nSPS) is 10.9. The van der Waals surface area contributed by atoms with Gasteiger partial charge in [0.05, 0.1) is 4.92 Å². The molecule has 0 atom stereocenters. The van der Waals surface area contributed by atoms with Crippen LogP contribution in [-0.2, 0) is 0 Å². The minimum atomic E-state index is -0.424. The Kier molecular flexibility index (Phi) is 4.47. The summed E-state index contributed by atoms with van der Waals surface area (Å²) in [6.45, 7) is 5.80. The fourth-order valence-electron chi connectivity index (χ4n) is 2.52. The summed E-state index contributed by atoms with van der Waals surface area (Å²) >= 11 is 0. The molecule has 0 aliphatic rings. The minimum absolute atomic E-state index is 0.0261. The molecule has 0 saturated heterocycles. The number of rotatable bonds is 5. The molecule has 2 aromatic carbocycles. The summed E-state index contributed by atoms with van der Waals surface area (Å²) in [5.41, 5.74) is 2.83. The molecular weight excluding hydrogens is 320 g/mol. The van der Waals surface area contributed by atoms with Gasteiger partial charge in [-0.1, -0.05) is 29.4 Å². The number of hydrogen-bond acceptors (Lipinski definition) is 6. The second kappa shape index (κ2) is 6.72. The van der Waals surface area contributed by atoms with Gasteiger partial charge in [0.25, 0.3) is 11.6 Å². The Labute approximate surface area is 144 Å². The van der Waals surface area contributed by atoms with Crippen molar-refractivity contribution in [3.63, 3.8) is 0 Å². The van der Waals surface area contributed by atoms with Crippen molar-refractivity contribution in [1.29, 1.82) is 0 Å². The van der Waals surface area contributed by atoms with E-state index in [9.17, 15) is 10.1 Å². The van der Waals surface area contributed by atoms with Crippen LogP contribution >= 0.6 is 0 Å². The molecule has 7 nitrogen and oxygen atoms in total. The first-order chi connectivity index (χ1) is 12.0. The number of nitrogens with zero attached hydrogens (tertiary/aromatic N) is 3. The third kappa shape index (κ3) is 3.50. The molecule has 0 aliphatic heterocycles. The molecule has 7 heteroatoms. The highest BCUT2D eigenvalue weighted by atomic mass is 16.6. The molecule has 3 aromatic rings. The summed E-state index contributed by atoms with van der Waals surface area (Å²) in [6.07, 6.45) is 0. The predicted molar refractivity (Wildman–Crippen MR) is 95.3 cm³/mol. The van der Waals surface area contributed by atoms with Gasteiger partial charge in [-0.25, -0.2) is 0 Å². The summed E-state index contributed by atoms with van der Waals surface area (Å²) in [7, 11) is 0. The number of anilines is 1. The van der Waals surface area contributed by atoms with Crippen molar-refractivity contribution >= 4 is 11.4 Å². The topological polar surface area (TPSA) is 94.1 Å². The SMILES string of the molecule is Cc1ccccc1-c1noc(-c2ccc(NC(C)C)c([N+](=O)[O-])c2)n1. The molecule has 0 bridgehead atoms. The zero-order chi connectivity index (χ0) is 18.0. The van der Waals surface area contributed by atoms with Gasteiger partial charge in [0.15, 0.2) is 0 Å². The number of benzene rings is 2. The average Bonchev–Trinajstić information content (AvgIpc) is 3.04. The lowest BCUT2D eigenvalue weighted by Gasteiger charge is -2.10. The average molecular weight is 338 g/mol. The maximum atomic E-state index is 11.4. The zero-order valence-corrected chi connectivity index (χ0v) is 14.2. The van der Waals surface area contributed by atoms with Gasteiger partial charge in [0.2, 0.25) is 5.82 Å². The maximum Gasteiger partial charge on any atom is 0.293 e. The van der Waals surface area contributed by atoms with E-state index < -0.39 is 4.92 Å². The second-order valence-electron chi connectivity index (χ2n) is 6.03. The second-order valence-corrected chi connectivity index (χ2v) is 6.03. The van der Waals surface area contributed by atoms with Crippen LogP contribution in [0.15, 0.2) is 47.0 Å². The lowest BCUT2D eigenvalue weighted by atomic mass is 10.1. The van der Waals surface area contributed by atoms with Crippen LogP contribution in [0.5, 0.6) is 0 Å². The van der Waals surface area contributed by atoms with E-state index in [4.69, 9.17) is 4.52 Å². The van der Waals surface area contributed by atoms with Crippen LogP contribution in [0.25, 0.3) is 22.8 Å². The predicted octanol–water partition coefficient (Wildman–Crippen LogP) is 4.44. The molecule has 25 heavy (non-hydrogen) atoms. The van der Waals surface area contributed by atoms with E-state index >= 15 is 0 Å². The molecule has 0 amide bonds. The first-order valence-corrected chi connectivity index (χ1v) is 7.91. The smallest absolute Gasteiger partial charge is 0.293 e. The van der Waals surface area contributed by atoms with E-state index in [1.165, 1.54) is 6.07 Å². The third-order valence-corrected chi connectivity index (χ3v) is 3.70. The fourth-order valence-corrected chi connectivity index (χ4v) is 2.52. The Bertz CT molecular complexity index is 918. The summed E-state index contributed by atoms with van der Waals surface area (Å²) in [4.78, 5) is 15.3. The molecule has 0 radical (unpaired) electrons. The number of nitro benzene ring substituents is 1. The molecule has 1 N–H and O–H groups in total. The Morgan fingerprint density at radius 2 is 1.96 bits per heavy atom. The van der Waals surface area contributed by atoms with Gasteiger partial charge in [0.1, 0.15) is 5.69 Å². The van der Waals surface area contributed by atoms with Gasteiger partial charge in [-0.3, -0.25) is 10.1 Å². The van der Waals surface area contributed by atoms with Crippen LogP contribution < -0.4 is 5.32 Å². The highest BCUT2D eigenvalue weighted by molar-refractivity contribution is 5.71. The molecule has 1 heterocycles. The van der Waals surface area contributed by atoms with E-state index in [-0.39, 0.29) is 17.6 Å². The summed E-state index contributed by atoms with van der Waals surface area (Å²) < 4.78 is 5.31. The number of aromatic nitrogens is 2. The monoisotopic (exact) mass is 338 g/mol. The van der Waals surface area contributed by atoms with Gasteiger partial charge in [0, 0.05) is 23.2 Å². The number of aryl methyl sites for hydroxylation is 1. The van der Waals surface area contributed by atoms with Crippen molar-refractivity contribution in [3.8, 4) is 22.8 Å². The molecule has 0 aliphatic carbocycles. The zero-order valence-electron chi connectivity index (χ0n) is 14.2. The largest absolute Gasteiger partial charge is 0.377 e. The van der Waals surface area contributed by atoms with Gasteiger partial charge in [-0.15, -0.1) is 0 Å². The highest BCUT2D eigenvalue weighted by Gasteiger charge is 2.19. The quantitative estimate of drug-likeness (QED) is 0.546. The Morgan fingerprint density at radius 3 is 2.64 bits per heavy atom. The van der Waals surface area contributed by atoms with Crippen molar-refractivity contribution in [2.45, 2.75) is 26.8 Å². The van der Waals surface area contributed by atoms with Crippen molar-refractivity contribution in [2.75, 3.05) is 5.32 Å². The third-order valence-electron chi connectivity index (χ3n) is 3.70. The number of nitrogens with one attached hydrogen (secondary N) is 1. The van der Waals surface area contributed by atoms with Crippen LogP contribution in [0.3, 0.4) is 0 Å². The molecule has 0 unspecified atom stereocenters. The number of hydrogen-bond donors (Lipinski definition) is 1. The standard InChI is InChI=1S/C18H18N4O3/c1-11(2)19-15-9-8-13(10-16(15)22(23)24)18-20-17(21-25-18)14-7-5-4-6-12(14)3/h4-11,19H,1-3H3. The summed E-state index contributed by atoms with van der Waals surface area (Å²) in [5.74, 6) is 0.706. The van der Waals surface area contributed by atoms with Gasteiger partial charge >= 0.3 is 0 Å². The van der Waals surface area contributed by atoms with E-state index in [1.807, 2.05) is 45.0 Å².